The molecule has 1 aromatic heterocycles. The van der Waals surface area contributed by atoms with Crippen molar-refractivity contribution in [2.75, 3.05) is 18.4 Å². The standard InChI is InChI=1S/C9H10N4O/c14-9(8-11-4-5-12-8)13-7-2-1-3-10-6-7/h1-3,6H,4-5H2,(H,11,12)(H,13,14). The lowest BCUT2D eigenvalue weighted by molar-refractivity contribution is -0.110. The van der Waals surface area contributed by atoms with Gasteiger partial charge in [-0.25, -0.2) is 0 Å². The quantitative estimate of drug-likeness (QED) is 0.691. The number of carbonyl (C=O) groups excluding carboxylic acids is 1. The summed E-state index contributed by atoms with van der Waals surface area (Å²) in [5.41, 5.74) is 0.675. The number of pyridine rings is 1. The zero-order valence-corrected chi connectivity index (χ0v) is 7.53. The molecule has 1 aromatic rings. The lowest BCUT2D eigenvalue weighted by Gasteiger charge is -2.03. The molecule has 1 aliphatic heterocycles. The summed E-state index contributed by atoms with van der Waals surface area (Å²) in [5, 5.41) is 5.58. The number of aliphatic imine (C=N–C) groups is 1. The number of amidine groups is 1. The normalized spacial score (nSPS) is 14.4. The molecule has 14 heavy (non-hydrogen) atoms. The Kier molecular flexibility index (Phi) is 2.40. The van der Waals surface area contributed by atoms with Gasteiger partial charge in [0.2, 0.25) is 0 Å². The van der Waals surface area contributed by atoms with Gasteiger partial charge in [-0.05, 0) is 12.1 Å². The minimum absolute atomic E-state index is 0.212. The highest BCUT2D eigenvalue weighted by Gasteiger charge is 2.14. The monoisotopic (exact) mass is 190 g/mol. The lowest BCUT2D eigenvalue weighted by Crippen LogP contribution is -2.32. The Morgan fingerprint density at radius 2 is 2.50 bits per heavy atom. The molecule has 0 unspecified atom stereocenters. The van der Waals surface area contributed by atoms with Gasteiger partial charge in [-0.3, -0.25) is 14.8 Å². The van der Waals surface area contributed by atoms with E-state index in [9.17, 15) is 4.79 Å². The maximum atomic E-state index is 11.5. The molecule has 5 heteroatoms. The summed E-state index contributed by atoms with van der Waals surface area (Å²) < 4.78 is 0. The summed E-state index contributed by atoms with van der Waals surface area (Å²) >= 11 is 0. The SMILES string of the molecule is O=C(Nc1cccnc1)C1=NCCN1. The van der Waals surface area contributed by atoms with Crippen molar-refractivity contribution in [1.29, 1.82) is 0 Å². The molecular weight excluding hydrogens is 180 g/mol. The van der Waals surface area contributed by atoms with Gasteiger partial charge in [-0.1, -0.05) is 0 Å². The van der Waals surface area contributed by atoms with Crippen LogP contribution in [-0.2, 0) is 4.79 Å². The van der Waals surface area contributed by atoms with Crippen LogP contribution >= 0.6 is 0 Å². The first kappa shape index (κ1) is 8.68. The van der Waals surface area contributed by atoms with Gasteiger partial charge in [0.25, 0.3) is 5.91 Å². The molecule has 0 aliphatic carbocycles. The minimum Gasteiger partial charge on any atom is -0.364 e. The van der Waals surface area contributed by atoms with Crippen LogP contribution < -0.4 is 10.6 Å². The van der Waals surface area contributed by atoms with Crippen molar-refractivity contribution < 1.29 is 4.79 Å². The van der Waals surface area contributed by atoms with E-state index in [1.165, 1.54) is 0 Å². The average Bonchev–Trinajstić information content (AvgIpc) is 2.72. The summed E-state index contributed by atoms with van der Waals surface area (Å²) in [6.07, 6.45) is 3.24. The predicted molar refractivity (Wildman–Crippen MR) is 53.2 cm³/mol. The van der Waals surface area contributed by atoms with Crippen molar-refractivity contribution in [3.8, 4) is 0 Å². The van der Waals surface area contributed by atoms with Gasteiger partial charge < -0.3 is 10.6 Å². The second kappa shape index (κ2) is 3.87. The van der Waals surface area contributed by atoms with Gasteiger partial charge in [0.15, 0.2) is 5.84 Å². The van der Waals surface area contributed by atoms with E-state index in [2.05, 4.69) is 20.6 Å². The van der Waals surface area contributed by atoms with Crippen LogP contribution in [0, 0.1) is 0 Å². The van der Waals surface area contributed by atoms with Crippen LogP contribution in [-0.4, -0.2) is 29.8 Å². The van der Waals surface area contributed by atoms with Crippen LogP contribution in [0.1, 0.15) is 0 Å². The molecule has 1 amide bonds. The molecular formula is C9H10N4O. The van der Waals surface area contributed by atoms with Crippen molar-refractivity contribution >= 4 is 17.4 Å². The average molecular weight is 190 g/mol. The Morgan fingerprint density at radius 1 is 1.57 bits per heavy atom. The first-order chi connectivity index (χ1) is 6.86. The highest BCUT2D eigenvalue weighted by molar-refractivity contribution is 6.42. The van der Waals surface area contributed by atoms with Crippen molar-refractivity contribution in [3.63, 3.8) is 0 Å². The Labute approximate surface area is 81.3 Å². The number of nitrogens with one attached hydrogen (secondary N) is 2. The lowest BCUT2D eigenvalue weighted by atomic mass is 10.4. The summed E-state index contributed by atoms with van der Waals surface area (Å²) in [6, 6.07) is 3.54. The second-order valence-corrected chi connectivity index (χ2v) is 2.85. The van der Waals surface area contributed by atoms with Crippen LogP contribution in [0.4, 0.5) is 5.69 Å². The smallest absolute Gasteiger partial charge is 0.290 e. The van der Waals surface area contributed by atoms with Gasteiger partial charge in [-0.15, -0.1) is 0 Å². The highest BCUT2D eigenvalue weighted by atomic mass is 16.2. The molecule has 0 spiro atoms. The van der Waals surface area contributed by atoms with Crippen molar-refractivity contribution in [3.05, 3.63) is 24.5 Å². The van der Waals surface area contributed by atoms with Crippen LogP contribution in [0.25, 0.3) is 0 Å². The maximum absolute atomic E-state index is 11.5. The first-order valence-corrected chi connectivity index (χ1v) is 4.36. The topological polar surface area (TPSA) is 66.4 Å². The summed E-state index contributed by atoms with van der Waals surface area (Å²) in [5.74, 6) is 0.185. The fourth-order valence-corrected chi connectivity index (χ4v) is 1.18. The summed E-state index contributed by atoms with van der Waals surface area (Å²) in [4.78, 5) is 19.4. The van der Waals surface area contributed by atoms with Crippen molar-refractivity contribution in [2.24, 2.45) is 4.99 Å². The number of aromatic nitrogens is 1. The van der Waals surface area contributed by atoms with E-state index in [4.69, 9.17) is 0 Å². The minimum atomic E-state index is -0.212. The van der Waals surface area contributed by atoms with Crippen molar-refractivity contribution in [2.45, 2.75) is 0 Å². The number of amides is 1. The summed E-state index contributed by atoms with van der Waals surface area (Å²) in [7, 11) is 0. The molecule has 0 fully saturated rings. The maximum Gasteiger partial charge on any atom is 0.290 e. The Morgan fingerprint density at radius 3 is 3.14 bits per heavy atom. The zero-order valence-electron chi connectivity index (χ0n) is 7.53. The number of hydrogen-bond donors (Lipinski definition) is 2. The number of anilines is 1. The number of nitrogens with zero attached hydrogens (tertiary/aromatic N) is 2. The molecule has 0 saturated heterocycles. The van der Waals surface area contributed by atoms with E-state index in [0.717, 1.165) is 6.54 Å². The largest absolute Gasteiger partial charge is 0.364 e. The van der Waals surface area contributed by atoms with E-state index in [-0.39, 0.29) is 5.91 Å². The molecule has 5 nitrogen and oxygen atoms in total. The zero-order chi connectivity index (χ0) is 9.80. The molecule has 0 saturated carbocycles. The molecule has 0 aromatic carbocycles. The van der Waals surface area contributed by atoms with E-state index >= 15 is 0 Å². The molecule has 72 valence electrons. The molecule has 2 N–H and O–H groups in total. The van der Waals surface area contributed by atoms with Gasteiger partial charge >= 0.3 is 0 Å². The van der Waals surface area contributed by atoms with Gasteiger partial charge in [0, 0.05) is 12.7 Å². The highest BCUT2D eigenvalue weighted by Crippen LogP contribution is 2.02. The molecule has 0 bridgehead atoms. The molecule has 2 rings (SSSR count). The fraction of sp³-hybridized carbons (Fsp3) is 0.222. The third kappa shape index (κ3) is 1.87. The third-order valence-electron chi connectivity index (χ3n) is 1.81. The Hall–Kier alpha value is -1.91. The number of hydrogen-bond acceptors (Lipinski definition) is 4. The van der Waals surface area contributed by atoms with E-state index in [0.29, 0.717) is 18.1 Å². The second-order valence-electron chi connectivity index (χ2n) is 2.85. The fourth-order valence-electron chi connectivity index (χ4n) is 1.18. The molecule has 0 atom stereocenters. The Bertz CT molecular complexity index is 360. The number of rotatable bonds is 2. The first-order valence-electron chi connectivity index (χ1n) is 4.36. The molecule has 1 aliphatic rings. The predicted octanol–water partition coefficient (Wildman–Crippen LogP) is 0.0218. The third-order valence-corrected chi connectivity index (χ3v) is 1.81. The van der Waals surface area contributed by atoms with Gasteiger partial charge in [0.05, 0.1) is 18.4 Å². The van der Waals surface area contributed by atoms with Gasteiger partial charge in [0.1, 0.15) is 0 Å². The molecule has 0 radical (unpaired) electrons. The van der Waals surface area contributed by atoms with Crippen LogP contribution in [0.3, 0.4) is 0 Å². The number of carbonyl (C=O) groups is 1. The summed E-state index contributed by atoms with van der Waals surface area (Å²) in [6.45, 7) is 1.39. The van der Waals surface area contributed by atoms with Gasteiger partial charge in [-0.2, -0.15) is 0 Å². The van der Waals surface area contributed by atoms with Crippen LogP contribution in [0.2, 0.25) is 0 Å². The Balaban J connectivity index is 2.01. The van der Waals surface area contributed by atoms with E-state index in [1.807, 2.05) is 0 Å². The molecule has 2 heterocycles. The van der Waals surface area contributed by atoms with Crippen molar-refractivity contribution in [1.82, 2.24) is 10.3 Å². The van der Waals surface area contributed by atoms with E-state index in [1.54, 1.807) is 24.5 Å². The van der Waals surface area contributed by atoms with Crippen LogP contribution in [0.15, 0.2) is 29.5 Å². The van der Waals surface area contributed by atoms with E-state index < -0.39 is 0 Å². The van der Waals surface area contributed by atoms with Crippen LogP contribution in [0.5, 0.6) is 0 Å².